The molecule has 0 spiro atoms. The number of rotatable bonds is 10. The summed E-state index contributed by atoms with van der Waals surface area (Å²) in [4.78, 5) is 20.9. The Morgan fingerprint density at radius 3 is 1.22 bits per heavy atom. The molecule has 21 heteroatoms. The van der Waals surface area contributed by atoms with Crippen LogP contribution in [0, 0.1) is 0 Å². The fraction of sp³-hybridized carbons (Fsp3) is 0. The Hall–Kier alpha value is -5.22. The van der Waals surface area contributed by atoms with E-state index in [9.17, 15) is 66.2 Å². The van der Waals surface area contributed by atoms with Gasteiger partial charge in [-0.15, -0.1) is 10.2 Å². The predicted octanol–water partition coefficient (Wildman–Crippen LogP) is -0.951. The Bertz CT molecular complexity index is 2150. The van der Waals surface area contributed by atoms with E-state index < -0.39 is 87.5 Å². The van der Waals surface area contributed by atoms with Gasteiger partial charge in [-0.05, 0) is 47.5 Å². The zero-order chi connectivity index (χ0) is 35.6. The molecule has 4 aromatic rings. The number of carbonyl (C=O) groups excluding carboxylic acids is 2. The molecule has 0 aliphatic carbocycles. The zero-order valence-corrected chi connectivity index (χ0v) is 28.0. The van der Waals surface area contributed by atoms with Crippen LogP contribution in [0.25, 0.3) is 12.2 Å². The Kier molecular flexibility index (Phi) is 11.6. The molecule has 0 aliphatic heterocycles. The van der Waals surface area contributed by atoms with Gasteiger partial charge in [0, 0.05) is 23.3 Å². The van der Waals surface area contributed by atoms with Crippen LogP contribution < -0.4 is 39.8 Å². The van der Waals surface area contributed by atoms with Gasteiger partial charge in [-0.3, -0.25) is 0 Å². The number of aromatic hydroxyl groups is 4. The van der Waals surface area contributed by atoms with E-state index in [1.165, 1.54) is 0 Å². The molecule has 0 aliphatic rings. The number of hydrogen-bond acceptors (Lipinski definition) is 18. The van der Waals surface area contributed by atoms with Gasteiger partial charge in [-0.1, -0.05) is 24.3 Å². The molecule has 0 atom stereocenters. The van der Waals surface area contributed by atoms with E-state index in [4.69, 9.17) is 0 Å². The SMILES string of the molecule is O=C([O-])c1cc(O)cc(O)c1N=Nc1ccc(/C=C/c2ccc(N=Nc3c(O)cc(O)cc3C(=O)[O-])cc2S(=O)(=O)[O-])c(S(=O)(=O)[O-])c1.[Na+]. The Labute approximate surface area is 297 Å². The summed E-state index contributed by atoms with van der Waals surface area (Å²) < 4.78 is 72.2. The molecule has 4 rings (SSSR count). The summed E-state index contributed by atoms with van der Waals surface area (Å²) in [6.07, 6.45) is 1.94. The van der Waals surface area contributed by atoms with Gasteiger partial charge < -0.3 is 49.3 Å². The third-order valence-corrected chi connectivity index (χ3v) is 7.88. The standard InChI is InChI=1S/C28H20N4O14S2.Na/c33-17-9-19(27(37)38)25(21(35)11-17)31-29-15-5-3-13(23(7-15)47(41,42)43)1-2-14-4-6-16(8-24(14)48(44,45)46)30-32-26-20(28(39)40)10-18(34)12-22(26)36;/h1-12,33-36H,(H,37,38)(H,39,40)(H,41,42,43)(H,44,45,46);/q;+1/p-4/b2-1+,31-29?,32-30?;. The second-order valence-corrected chi connectivity index (χ2v) is 12.1. The quantitative estimate of drug-likeness (QED) is 0.0665. The van der Waals surface area contributed by atoms with Crippen LogP contribution in [0.4, 0.5) is 22.7 Å². The van der Waals surface area contributed by atoms with Crippen LogP contribution >= 0.6 is 0 Å². The van der Waals surface area contributed by atoms with Crippen molar-refractivity contribution in [1.29, 1.82) is 0 Å². The summed E-state index contributed by atoms with van der Waals surface area (Å²) in [5.74, 6) is -6.56. The molecule has 0 heterocycles. The van der Waals surface area contributed by atoms with Gasteiger partial charge in [0.15, 0.2) is 0 Å². The van der Waals surface area contributed by atoms with Gasteiger partial charge in [0.2, 0.25) is 0 Å². The molecule has 0 fully saturated rings. The smallest absolute Gasteiger partial charge is 0.744 e. The minimum atomic E-state index is -5.25. The first-order chi connectivity index (χ1) is 22.3. The summed E-state index contributed by atoms with van der Waals surface area (Å²) in [6, 6.07) is 8.70. The van der Waals surface area contributed by atoms with Crippen LogP contribution in [-0.2, 0) is 20.2 Å². The Balaban J connectivity index is 0.00000650. The number of nitrogens with zero attached hydrogens (tertiary/aromatic N) is 4. The molecule has 4 N–H and O–H groups in total. The van der Waals surface area contributed by atoms with Crippen LogP contribution in [0.2, 0.25) is 0 Å². The molecule has 0 amide bonds. The number of hydrogen-bond donors (Lipinski definition) is 4. The summed E-state index contributed by atoms with van der Waals surface area (Å²) in [5.41, 5.74) is -4.11. The van der Waals surface area contributed by atoms with E-state index in [-0.39, 0.29) is 52.1 Å². The molecule has 0 bridgehead atoms. The molecule has 49 heavy (non-hydrogen) atoms. The summed E-state index contributed by atoms with van der Waals surface area (Å²) in [6.45, 7) is 0. The fourth-order valence-electron chi connectivity index (χ4n) is 4.00. The van der Waals surface area contributed by atoms with Crippen molar-refractivity contribution in [3.8, 4) is 23.0 Å². The maximum atomic E-state index is 12.0. The van der Waals surface area contributed by atoms with E-state index in [0.717, 1.165) is 60.7 Å². The first kappa shape index (κ1) is 38.2. The number of azo groups is 2. The average molecular weight is 720 g/mol. The minimum Gasteiger partial charge on any atom is -0.744 e. The maximum Gasteiger partial charge on any atom is 1.00 e. The zero-order valence-electron chi connectivity index (χ0n) is 24.4. The summed E-state index contributed by atoms with van der Waals surface area (Å²) in [7, 11) is -10.5. The van der Waals surface area contributed by atoms with Crippen molar-refractivity contribution in [2.75, 3.05) is 0 Å². The number of benzene rings is 4. The van der Waals surface area contributed by atoms with Crippen molar-refractivity contribution >= 4 is 67.1 Å². The van der Waals surface area contributed by atoms with E-state index >= 15 is 0 Å². The van der Waals surface area contributed by atoms with Crippen molar-refractivity contribution in [1.82, 2.24) is 0 Å². The van der Waals surface area contributed by atoms with Crippen LogP contribution in [-0.4, -0.2) is 58.3 Å². The largest absolute Gasteiger partial charge is 1.00 e. The molecule has 0 aromatic heterocycles. The van der Waals surface area contributed by atoms with Gasteiger partial charge in [-0.2, -0.15) is 10.2 Å². The third-order valence-electron chi connectivity index (χ3n) is 6.10. The first-order valence-corrected chi connectivity index (χ1v) is 15.4. The second-order valence-electron chi connectivity index (χ2n) is 9.38. The average Bonchev–Trinajstić information content (AvgIpc) is 2.97. The molecule has 18 nitrogen and oxygen atoms in total. The van der Waals surface area contributed by atoms with E-state index in [1.54, 1.807) is 0 Å². The molecule has 0 radical (unpaired) electrons. The number of phenolic OH excluding ortho intramolecular Hbond substituents is 4. The number of carbonyl (C=O) groups is 2. The monoisotopic (exact) mass is 719 g/mol. The van der Waals surface area contributed by atoms with Gasteiger partial charge >= 0.3 is 29.6 Å². The van der Waals surface area contributed by atoms with Gasteiger partial charge in [-0.25, -0.2) is 16.8 Å². The van der Waals surface area contributed by atoms with E-state index in [2.05, 4.69) is 20.5 Å². The predicted molar refractivity (Wildman–Crippen MR) is 154 cm³/mol. The summed E-state index contributed by atoms with van der Waals surface area (Å²) in [5, 5.41) is 75.9. The topological polar surface area (TPSA) is 325 Å². The number of carboxylic acids is 2. The van der Waals surface area contributed by atoms with Crippen molar-refractivity contribution in [2.24, 2.45) is 20.5 Å². The molecule has 4 aromatic carbocycles. The van der Waals surface area contributed by atoms with Crippen LogP contribution in [0.5, 0.6) is 23.0 Å². The van der Waals surface area contributed by atoms with Crippen molar-refractivity contribution in [2.45, 2.75) is 9.79 Å². The van der Waals surface area contributed by atoms with Gasteiger partial charge in [0.1, 0.15) is 54.6 Å². The summed E-state index contributed by atoms with van der Waals surface area (Å²) >= 11 is 0. The van der Waals surface area contributed by atoms with E-state index in [0.29, 0.717) is 12.1 Å². The molecule has 0 saturated carbocycles. The number of phenols is 4. The van der Waals surface area contributed by atoms with Crippen molar-refractivity contribution in [3.05, 3.63) is 82.9 Å². The van der Waals surface area contributed by atoms with Gasteiger partial charge in [0.05, 0.1) is 33.1 Å². The van der Waals surface area contributed by atoms with E-state index in [1.807, 2.05) is 0 Å². The molecule has 248 valence electrons. The molecule has 0 unspecified atom stereocenters. The van der Waals surface area contributed by atoms with Gasteiger partial charge in [0.25, 0.3) is 0 Å². The fourth-order valence-corrected chi connectivity index (χ4v) is 5.38. The number of carboxylic acid groups (broad SMARTS) is 2. The Morgan fingerprint density at radius 1 is 0.571 bits per heavy atom. The molecule has 0 saturated heterocycles. The van der Waals surface area contributed by atoms with Crippen molar-refractivity contribution < 1.29 is 95.7 Å². The molecular weight excluding hydrogens is 703 g/mol. The van der Waals surface area contributed by atoms with Crippen LogP contribution in [0.15, 0.2) is 90.9 Å². The minimum absolute atomic E-state index is 0. The van der Waals surface area contributed by atoms with Crippen LogP contribution in [0.1, 0.15) is 31.8 Å². The first-order valence-electron chi connectivity index (χ1n) is 12.6. The van der Waals surface area contributed by atoms with Crippen molar-refractivity contribution in [3.63, 3.8) is 0 Å². The second kappa shape index (κ2) is 14.9. The molecular formula is C28H16N4NaO14S2-3. The third kappa shape index (κ3) is 9.23. The van der Waals surface area contributed by atoms with Crippen LogP contribution in [0.3, 0.4) is 0 Å². The number of aromatic carboxylic acids is 2. The Morgan fingerprint density at radius 2 is 0.918 bits per heavy atom. The maximum absolute atomic E-state index is 12.0. The normalized spacial score (nSPS) is 12.0.